The van der Waals surface area contributed by atoms with Crippen LogP contribution in [0.15, 0.2) is 54.6 Å². The van der Waals surface area contributed by atoms with Gasteiger partial charge in [0.05, 0.1) is 0 Å². The van der Waals surface area contributed by atoms with E-state index in [1.54, 1.807) is 51.1 Å². The third-order valence-corrected chi connectivity index (χ3v) is 3.98. The number of benzene rings is 2. The molecule has 0 aliphatic carbocycles. The predicted octanol–water partition coefficient (Wildman–Crippen LogP) is 4.01. The van der Waals surface area contributed by atoms with Crippen LogP contribution in [0, 0.1) is 5.82 Å². The van der Waals surface area contributed by atoms with Gasteiger partial charge in [0.25, 0.3) is 0 Å². The summed E-state index contributed by atoms with van der Waals surface area (Å²) in [6.07, 6.45) is 2.38. The van der Waals surface area contributed by atoms with Crippen LogP contribution >= 0.6 is 0 Å². The van der Waals surface area contributed by atoms with E-state index in [1.165, 1.54) is 24.3 Å². The predicted molar refractivity (Wildman–Crippen MR) is 121 cm³/mol. The molecule has 0 fully saturated rings. The van der Waals surface area contributed by atoms with E-state index in [2.05, 4.69) is 16.0 Å². The molecule has 0 aliphatic rings. The summed E-state index contributed by atoms with van der Waals surface area (Å²) in [6.45, 7) is 5.71. The van der Waals surface area contributed by atoms with Crippen LogP contribution in [0.3, 0.4) is 0 Å². The second-order valence-electron chi connectivity index (χ2n) is 8.03. The second kappa shape index (κ2) is 11.6. The third kappa shape index (κ3) is 9.88. The topological polar surface area (TPSA) is 96.5 Å². The number of amides is 3. The van der Waals surface area contributed by atoms with Crippen LogP contribution in [-0.2, 0) is 20.9 Å². The first-order valence-corrected chi connectivity index (χ1v) is 10.2. The monoisotopic (exact) mass is 441 g/mol. The highest BCUT2D eigenvalue weighted by molar-refractivity contribution is 6.01. The number of halogens is 1. The fraction of sp³-hybridized carbons (Fsp3) is 0.292. The van der Waals surface area contributed by atoms with E-state index in [4.69, 9.17) is 4.74 Å². The van der Waals surface area contributed by atoms with Gasteiger partial charge in [0.2, 0.25) is 11.8 Å². The van der Waals surface area contributed by atoms with Crippen molar-refractivity contribution in [1.82, 2.24) is 10.6 Å². The molecule has 0 radical (unpaired) electrons. The minimum absolute atomic E-state index is 0.112. The highest BCUT2D eigenvalue weighted by Gasteiger charge is 2.15. The summed E-state index contributed by atoms with van der Waals surface area (Å²) >= 11 is 0. The van der Waals surface area contributed by atoms with Crippen LogP contribution < -0.4 is 16.0 Å². The Kier molecular flexibility index (Phi) is 8.95. The summed E-state index contributed by atoms with van der Waals surface area (Å²) in [5.41, 5.74) is 1.35. The Labute approximate surface area is 187 Å². The van der Waals surface area contributed by atoms with Gasteiger partial charge in [-0.25, -0.2) is 9.18 Å². The van der Waals surface area contributed by atoms with Gasteiger partial charge in [0.1, 0.15) is 11.4 Å². The number of hydrogen-bond acceptors (Lipinski definition) is 4. The zero-order valence-electron chi connectivity index (χ0n) is 18.4. The van der Waals surface area contributed by atoms with Gasteiger partial charge >= 0.3 is 6.09 Å². The molecule has 2 rings (SSSR count). The number of rotatable bonds is 8. The van der Waals surface area contributed by atoms with Gasteiger partial charge in [0.15, 0.2) is 0 Å². The van der Waals surface area contributed by atoms with Crippen LogP contribution in [0.25, 0.3) is 6.08 Å². The molecular formula is C24H28FN3O4. The molecule has 8 heteroatoms. The summed E-state index contributed by atoms with van der Waals surface area (Å²) in [6, 6.07) is 13.0. The van der Waals surface area contributed by atoms with Gasteiger partial charge in [-0.15, -0.1) is 0 Å². The molecule has 0 saturated heterocycles. The van der Waals surface area contributed by atoms with Crippen molar-refractivity contribution < 1.29 is 23.5 Å². The summed E-state index contributed by atoms with van der Waals surface area (Å²) in [7, 11) is 0. The molecule has 0 aromatic heterocycles. The maximum absolute atomic E-state index is 13.2. The number of carbonyl (C=O) groups excluding carboxylic acids is 3. The molecule has 32 heavy (non-hydrogen) atoms. The molecule has 0 heterocycles. The average Bonchev–Trinajstić information content (AvgIpc) is 2.70. The Morgan fingerprint density at radius 1 is 1.03 bits per heavy atom. The second-order valence-corrected chi connectivity index (χ2v) is 8.03. The van der Waals surface area contributed by atoms with Gasteiger partial charge in [-0.3, -0.25) is 9.59 Å². The molecule has 2 aromatic carbocycles. The van der Waals surface area contributed by atoms with Crippen molar-refractivity contribution in [2.75, 3.05) is 11.9 Å². The fourth-order valence-electron chi connectivity index (χ4n) is 2.61. The summed E-state index contributed by atoms with van der Waals surface area (Å²) in [5, 5.41) is 8.02. The first-order valence-electron chi connectivity index (χ1n) is 10.2. The Balaban J connectivity index is 1.77. The lowest BCUT2D eigenvalue weighted by molar-refractivity contribution is -0.121. The van der Waals surface area contributed by atoms with Crippen LogP contribution in [0.4, 0.5) is 14.9 Å². The minimum Gasteiger partial charge on any atom is -0.444 e. The largest absolute Gasteiger partial charge is 0.444 e. The maximum atomic E-state index is 13.2. The lowest BCUT2D eigenvalue weighted by Crippen LogP contribution is -2.35. The Morgan fingerprint density at radius 3 is 2.50 bits per heavy atom. The van der Waals surface area contributed by atoms with Crippen molar-refractivity contribution in [2.45, 2.75) is 39.3 Å². The van der Waals surface area contributed by atoms with Crippen molar-refractivity contribution in [3.63, 3.8) is 0 Å². The molecule has 0 atom stereocenters. The number of ether oxygens (including phenoxy) is 1. The van der Waals surface area contributed by atoms with E-state index in [0.717, 1.165) is 5.56 Å². The number of anilines is 1. The van der Waals surface area contributed by atoms with E-state index in [1.807, 2.05) is 6.07 Å². The van der Waals surface area contributed by atoms with Crippen LogP contribution in [-0.4, -0.2) is 30.1 Å². The first-order chi connectivity index (χ1) is 15.1. The lowest BCUT2D eigenvalue weighted by atomic mass is 10.2. The summed E-state index contributed by atoms with van der Waals surface area (Å²) in [4.78, 5) is 35.6. The smallest absolute Gasteiger partial charge is 0.407 e. The molecular weight excluding hydrogens is 413 g/mol. The molecule has 3 N–H and O–H groups in total. The molecule has 3 amide bonds. The van der Waals surface area contributed by atoms with Gasteiger partial charge in [-0.2, -0.15) is 0 Å². The van der Waals surface area contributed by atoms with Crippen LogP contribution in [0.1, 0.15) is 38.3 Å². The summed E-state index contributed by atoms with van der Waals surface area (Å²) in [5.74, 6) is -0.958. The quantitative estimate of drug-likeness (QED) is 0.540. The molecule has 0 bridgehead atoms. The molecule has 0 saturated carbocycles. The first kappa shape index (κ1) is 24.6. The van der Waals surface area contributed by atoms with Gasteiger partial charge < -0.3 is 20.7 Å². The number of nitrogens with one attached hydrogen (secondary N) is 3. The summed E-state index contributed by atoms with van der Waals surface area (Å²) < 4.78 is 18.3. The van der Waals surface area contributed by atoms with E-state index < -0.39 is 11.7 Å². The SMILES string of the molecule is CC(C)(C)OC(=O)NCCC(=O)NCc1cccc(NC(=O)/C=C/c2cccc(F)c2)c1. The van der Waals surface area contributed by atoms with Crippen LogP contribution in [0.5, 0.6) is 0 Å². The van der Waals surface area contributed by atoms with Crippen LogP contribution in [0.2, 0.25) is 0 Å². The van der Waals surface area contributed by atoms with E-state index in [9.17, 15) is 18.8 Å². The molecule has 0 unspecified atom stereocenters. The number of carbonyl (C=O) groups is 3. The van der Waals surface area contributed by atoms with Gasteiger partial charge in [-0.05, 0) is 62.2 Å². The zero-order chi connectivity index (χ0) is 23.6. The highest BCUT2D eigenvalue weighted by Crippen LogP contribution is 2.12. The number of alkyl carbamates (subject to hydrolysis) is 1. The van der Waals surface area contributed by atoms with Crippen molar-refractivity contribution in [1.29, 1.82) is 0 Å². The molecule has 0 spiro atoms. The highest BCUT2D eigenvalue weighted by atomic mass is 19.1. The molecule has 7 nitrogen and oxygen atoms in total. The lowest BCUT2D eigenvalue weighted by Gasteiger charge is -2.19. The fourth-order valence-corrected chi connectivity index (χ4v) is 2.61. The standard InChI is InChI=1S/C24H28FN3O4/c1-24(2,3)32-23(31)26-13-12-21(29)27-16-18-7-5-9-20(15-18)28-22(30)11-10-17-6-4-8-19(25)14-17/h4-11,14-15H,12-13,16H2,1-3H3,(H,26,31)(H,27,29)(H,28,30)/b11-10+. The van der Waals surface area contributed by atoms with E-state index in [-0.39, 0.29) is 37.1 Å². The van der Waals surface area contributed by atoms with Gasteiger partial charge in [-0.1, -0.05) is 24.3 Å². The van der Waals surface area contributed by atoms with Crippen molar-refractivity contribution in [2.24, 2.45) is 0 Å². The third-order valence-electron chi connectivity index (χ3n) is 3.98. The zero-order valence-corrected chi connectivity index (χ0v) is 18.4. The minimum atomic E-state index is -0.595. The Bertz CT molecular complexity index is 983. The van der Waals surface area contributed by atoms with E-state index in [0.29, 0.717) is 11.3 Å². The molecule has 2 aromatic rings. The van der Waals surface area contributed by atoms with Crippen molar-refractivity contribution in [3.8, 4) is 0 Å². The van der Waals surface area contributed by atoms with Gasteiger partial charge in [0, 0.05) is 31.3 Å². The van der Waals surface area contributed by atoms with Crippen molar-refractivity contribution in [3.05, 3.63) is 71.6 Å². The number of hydrogen-bond donors (Lipinski definition) is 3. The molecule has 170 valence electrons. The maximum Gasteiger partial charge on any atom is 0.407 e. The normalized spacial score (nSPS) is 11.1. The Hall–Kier alpha value is -3.68. The van der Waals surface area contributed by atoms with E-state index >= 15 is 0 Å². The van der Waals surface area contributed by atoms with Crippen molar-refractivity contribution >= 4 is 29.7 Å². The average molecular weight is 442 g/mol. The Morgan fingerprint density at radius 2 is 1.78 bits per heavy atom. The molecule has 0 aliphatic heterocycles.